The van der Waals surface area contributed by atoms with Crippen LogP contribution in [0.1, 0.15) is 19.4 Å². The summed E-state index contributed by atoms with van der Waals surface area (Å²) in [6, 6.07) is 6.65. The summed E-state index contributed by atoms with van der Waals surface area (Å²) in [5.41, 5.74) is -0.0189. The second kappa shape index (κ2) is 5.87. The molecular formula is C16H20O5. The van der Waals surface area contributed by atoms with Gasteiger partial charge in [0, 0.05) is 31.0 Å². The monoisotopic (exact) mass is 292 g/mol. The molecule has 114 valence electrons. The first-order valence-corrected chi connectivity index (χ1v) is 6.71. The maximum absolute atomic E-state index is 11.3. The fourth-order valence-corrected chi connectivity index (χ4v) is 2.31. The zero-order chi connectivity index (χ0) is 15.6. The fourth-order valence-electron chi connectivity index (χ4n) is 2.31. The van der Waals surface area contributed by atoms with Crippen molar-refractivity contribution in [3.05, 3.63) is 40.2 Å². The molecule has 0 bridgehead atoms. The first kappa shape index (κ1) is 15.5. The van der Waals surface area contributed by atoms with Crippen LogP contribution in [0.2, 0.25) is 0 Å². The number of hydrogen-bond acceptors (Lipinski definition) is 5. The van der Waals surface area contributed by atoms with Gasteiger partial charge in [0.1, 0.15) is 11.3 Å². The average molecular weight is 292 g/mol. The molecule has 0 spiro atoms. The van der Waals surface area contributed by atoms with E-state index in [0.29, 0.717) is 17.8 Å². The fraction of sp³-hybridized carbons (Fsp3) is 0.438. The van der Waals surface area contributed by atoms with E-state index in [1.165, 1.54) is 6.07 Å². The van der Waals surface area contributed by atoms with Crippen molar-refractivity contribution in [3.8, 4) is 5.75 Å². The van der Waals surface area contributed by atoms with Gasteiger partial charge in [-0.15, -0.1) is 0 Å². The number of hydrogen-bond donors (Lipinski definition) is 1. The number of fused-ring (bicyclic) bond motifs is 1. The minimum Gasteiger partial charge on any atom is -0.496 e. The molecule has 2 aromatic rings. The van der Waals surface area contributed by atoms with Crippen LogP contribution in [0.25, 0.3) is 11.0 Å². The topological polar surface area (TPSA) is 68.9 Å². The molecule has 0 aliphatic rings. The van der Waals surface area contributed by atoms with E-state index < -0.39 is 11.2 Å². The van der Waals surface area contributed by atoms with Gasteiger partial charge in [-0.2, -0.15) is 0 Å². The van der Waals surface area contributed by atoms with E-state index >= 15 is 0 Å². The minimum absolute atomic E-state index is 0.375. The number of rotatable bonds is 5. The Bertz CT molecular complexity index is 681. The summed E-state index contributed by atoms with van der Waals surface area (Å²) < 4.78 is 15.9. The number of benzene rings is 1. The molecule has 0 aliphatic heterocycles. The first-order chi connectivity index (χ1) is 9.85. The maximum Gasteiger partial charge on any atom is 0.336 e. The van der Waals surface area contributed by atoms with Gasteiger partial charge in [-0.25, -0.2) is 4.79 Å². The molecule has 0 fully saturated rings. The molecule has 2 rings (SSSR count). The highest BCUT2D eigenvalue weighted by atomic mass is 16.5. The van der Waals surface area contributed by atoms with Gasteiger partial charge in [0.05, 0.1) is 18.8 Å². The smallest absolute Gasteiger partial charge is 0.336 e. The second-order valence-corrected chi connectivity index (χ2v) is 5.54. The zero-order valence-corrected chi connectivity index (χ0v) is 12.7. The molecule has 1 aromatic heterocycles. The van der Waals surface area contributed by atoms with Crippen molar-refractivity contribution in [2.75, 3.05) is 14.2 Å². The van der Waals surface area contributed by atoms with E-state index in [0.717, 1.165) is 10.9 Å². The molecule has 1 atom stereocenters. The Kier molecular flexibility index (Phi) is 4.34. The summed E-state index contributed by atoms with van der Waals surface area (Å²) in [5, 5.41) is 10.9. The van der Waals surface area contributed by atoms with Crippen molar-refractivity contribution in [2.45, 2.75) is 32.0 Å². The highest BCUT2D eigenvalue weighted by Gasteiger charge is 2.28. The van der Waals surface area contributed by atoms with E-state index in [-0.39, 0.29) is 6.10 Å². The van der Waals surface area contributed by atoms with Crippen LogP contribution < -0.4 is 10.4 Å². The predicted molar refractivity (Wildman–Crippen MR) is 79.8 cm³/mol. The molecule has 21 heavy (non-hydrogen) atoms. The largest absolute Gasteiger partial charge is 0.496 e. The van der Waals surface area contributed by atoms with Crippen LogP contribution in [0, 0.1) is 0 Å². The molecule has 1 unspecified atom stereocenters. The van der Waals surface area contributed by atoms with Crippen molar-refractivity contribution in [1.82, 2.24) is 0 Å². The first-order valence-electron chi connectivity index (χ1n) is 6.71. The Morgan fingerprint density at radius 1 is 1.29 bits per heavy atom. The van der Waals surface area contributed by atoms with Gasteiger partial charge in [0.2, 0.25) is 0 Å². The van der Waals surface area contributed by atoms with Gasteiger partial charge in [0.25, 0.3) is 0 Å². The third-order valence-electron chi connectivity index (χ3n) is 3.50. The Labute approximate surface area is 123 Å². The standard InChI is InChI=1S/C16H20O5/c1-16(2,18)14(20-4)8-11-7-10-5-6-15(17)21-13(10)9-12(11)19-3/h5-7,9,14,18H,8H2,1-4H3. The van der Waals surface area contributed by atoms with E-state index in [2.05, 4.69) is 0 Å². The number of ether oxygens (including phenoxy) is 2. The summed E-state index contributed by atoms with van der Waals surface area (Å²) in [6.45, 7) is 3.40. The molecule has 0 saturated carbocycles. The van der Waals surface area contributed by atoms with E-state index in [4.69, 9.17) is 13.9 Å². The van der Waals surface area contributed by atoms with Crippen LogP contribution in [0.15, 0.2) is 33.5 Å². The van der Waals surface area contributed by atoms with Crippen molar-refractivity contribution in [2.24, 2.45) is 0 Å². The van der Waals surface area contributed by atoms with Crippen molar-refractivity contribution >= 4 is 11.0 Å². The Hall–Kier alpha value is -1.85. The maximum atomic E-state index is 11.3. The van der Waals surface area contributed by atoms with Gasteiger partial charge in [-0.1, -0.05) is 0 Å². The summed E-state index contributed by atoms with van der Waals surface area (Å²) in [6.07, 6.45) is 0.109. The lowest BCUT2D eigenvalue weighted by molar-refractivity contribution is -0.0690. The zero-order valence-electron chi connectivity index (χ0n) is 12.7. The third-order valence-corrected chi connectivity index (χ3v) is 3.50. The average Bonchev–Trinajstić information content (AvgIpc) is 2.42. The summed E-state index contributed by atoms with van der Waals surface area (Å²) in [5.74, 6) is 0.600. The quantitative estimate of drug-likeness (QED) is 0.855. The normalized spacial score (nSPS) is 13.4. The van der Waals surface area contributed by atoms with Gasteiger partial charge in [-0.05, 0) is 31.5 Å². The van der Waals surface area contributed by atoms with Crippen LogP contribution in [0.5, 0.6) is 5.75 Å². The summed E-state index contributed by atoms with van der Waals surface area (Å²) >= 11 is 0. The van der Waals surface area contributed by atoms with Crippen molar-refractivity contribution < 1.29 is 19.0 Å². The van der Waals surface area contributed by atoms with Gasteiger partial charge >= 0.3 is 5.63 Å². The summed E-state index contributed by atoms with van der Waals surface area (Å²) in [7, 11) is 3.12. The SMILES string of the molecule is COc1cc2oc(=O)ccc2cc1CC(OC)C(C)(C)O. The molecule has 0 saturated heterocycles. The van der Waals surface area contributed by atoms with E-state index in [1.807, 2.05) is 6.07 Å². The van der Waals surface area contributed by atoms with E-state index in [1.54, 1.807) is 40.2 Å². The van der Waals surface area contributed by atoms with Crippen LogP contribution in [-0.2, 0) is 11.2 Å². The highest BCUT2D eigenvalue weighted by molar-refractivity contribution is 5.79. The molecule has 0 amide bonds. The molecule has 1 heterocycles. The molecule has 0 radical (unpaired) electrons. The second-order valence-electron chi connectivity index (χ2n) is 5.54. The van der Waals surface area contributed by atoms with Gasteiger partial charge < -0.3 is 19.0 Å². The van der Waals surface area contributed by atoms with Crippen LogP contribution in [-0.4, -0.2) is 31.0 Å². The van der Waals surface area contributed by atoms with Crippen molar-refractivity contribution in [3.63, 3.8) is 0 Å². The van der Waals surface area contributed by atoms with Crippen molar-refractivity contribution in [1.29, 1.82) is 0 Å². The third kappa shape index (κ3) is 3.43. The van der Waals surface area contributed by atoms with Crippen LogP contribution >= 0.6 is 0 Å². The molecule has 1 N–H and O–H groups in total. The molecule has 5 heteroatoms. The van der Waals surface area contributed by atoms with Gasteiger partial charge in [-0.3, -0.25) is 0 Å². The highest BCUT2D eigenvalue weighted by Crippen LogP contribution is 2.28. The lowest BCUT2D eigenvalue weighted by atomic mass is 9.94. The summed E-state index contributed by atoms with van der Waals surface area (Å²) in [4.78, 5) is 11.3. The molecular weight excluding hydrogens is 272 g/mol. The Morgan fingerprint density at radius 2 is 2.00 bits per heavy atom. The molecule has 5 nitrogen and oxygen atoms in total. The predicted octanol–water partition coefficient (Wildman–Crippen LogP) is 2.13. The van der Waals surface area contributed by atoms with Crippen LogP contribution in [0.3, 0.4) is 0 Å². The minimum atomic E-state index is -0.974. The number of aliphatic hydroxyl groups is 1. The Balaban J connectivity index is 2.47. The van der Waals surface area contributed by atoms with E-state index in [9.17, 15) is 9.90 Å². The molecule has 0 aliphatic carbocycles. The Morgan fingerprint density at radius 3 is 2.57 bits per heavy atom. The van der Waals surface area contributed by atoms with Crippen LogP contribution in [0.4, 0.5) is 0 Å². The lowest BCUT2D eigenvalue weighted by Gasteiger charge is -2.28. The lowest BCUT2D eigenvalue weighted by Crippen LogP contribution is -2.39. The van der Waals surface area contributed by atoms with Gasteiger partial charge in [0.15, 0.2) is 0 Å². The number of methoxy groups -OCH3 is 2. The molecule has 1 aromatic carbocycles.